The quantitative estimate of drug-likeness (QED) is 0.371. The maximum Gasteiger partial charge on any atom is 0.176 e. The number of aromatic nitrogens is 5. The largest absolute Gasteiger partial charge is 0.452 e. The molecule has 1 fully saturated rings. The molecule has 36 heavy (non-hydrogen) atoms. The summed E-state index contributed by atoms with van der Waals surface area (Å²) >= 11 is 0. The molecule has 5 aromatic rings. The third-order valence-electron chi connectivity index (χ3n) is 6.22. The van der Waals surface area contributed by atoms with Crippen LogP contribution in [0.2, 0.25) is 0 Å². The number of morpholine rings is 1. The predicted molar refractivity (Wildman–Crippen MR) is 132 cm³/mol. The van der Waals surface area contributed by atoms with Gasteiger partial charge in [0.25, 0.3) is 0 Å². The highest BCUT2D eigenvalue weighted by Gasteiger charge is 2.21. The van der Waals surface area contributed by atoms with E-state index in [0.717, 1.165) is 35.6 Å². The summed E-state index contributed by atoms with van der Waals surface area (Å²) in [7, 11) is 0. The normalized spacial score (nSPS) is 14.1. The molecule has 0 radical (unpaired) electrons. The first-order chi connectivity index (χ1) is 17.7. The lowest BCUT2D eigenvalue weighted by molar-refractivity contribution is 0.122. The van der Waals surface area contributed by atoms with Gasteiger partial charge in [-0.25, -0.2) is 14.1 Å². The van der Waals surface area contributed by atoms with Crippen LogP contribution in [0, 0.1) is 5.82 Å². The number of aliphatic hydroxyl groups excluding tert-OH is 1. The second-order valence-electron chi connectivity index (χ2n) is 8.65. The molecule has 0 amide bonds. The lowest BCUT2D eigenvalue weighted by atomic mass is 10.1. The van der Waals surface area contributed by atoms with Crippen LogP contribution >= 0.6 is 0 Å². The zero-order valence-electron chi connectivity index (χ0n) is 19.5. The number of aryl methyl sites for hydroxylation is 1. The van der Waals surface area contributed by atoms with Gasteiger partial charge in [-0.3, -0.25) is 4.68 Å². The van der Waals surface area contributed by atoms with Gasteiger partial charge < -0.3 is 19.2 Å². The monoisotopic (exact) mass is 488 g/mol. The van der Waals surface area contributed by atoms with E-state index in [1.165, 1.54) is 12.1 Å². The van der Waals surface area contributed by atoms with Crippen molar-refractivity contribution in [3.05, 3.63) is 66.9 Å². The molecule has 0 atom stereocenters. The Kier molecular flexibility index (Phi) is 5.96. The van der Waals surface area contributed by atoms with Gasteiger partial charge in [0.2, 0.25) is 0 Å². The Morgan fingerprint density at radius 1 is 1.03 bits per heavy atom. The SMILES string of the molecule is OCCCn1cc(-c2cc3nc(-n4ccc(-c5ccc(F)cc5)n4)cc(N4CCOCC4)c3o2)cn1. The highest BCUT2D eigenvalue weighted by atomic mass is 19.1. The van der Waals surface area contributed by atoms with Crippen LogP contribution in [0.25, 0.3) is 39.5 Å². The standard InChI is InChI=1S/C26H25FN6O3/c27-20-4-2-18(3-5-20)21-6-8-33(30-21)25-15-23(31-9-12-35-13-10-31)26-22(29-25)14-24(36-26)19-16-28-32(17-19)7-1-11-34/h2-6,8,14-17,34H,1,7,9-13H2. The number of nitrogens with zero attached hydrogens (tertiary/aromatic N) is 6. The number of ether oxygens (including phenoxy) is 1. The average Bonchev–Trinajstić information content (AvgIpc) is 3.67. The van der Waals surface area contributed by atoms with E-state index in [9.17, 15) is 4.39 Å². The maximum absolute atomic E-state index is 13.3. The summed E-state index contributed by atoms with van der Waals surface area (Å²) in [6.07, 6.45) is 6.15. The van der Waals surface area contributed by atoms with Gasteiger partial charge in [0.15, 0.2) is 11.4 Å². The zero-order valence-corrected chi connectivity index (χ0v) is 19.5. The number of hydrogen-bond acceptors (Lipinski definition) is 7. The first-order valence-corrected chi connectivity index (χ1v) is 11.9. The topological polar surface area (TPSA) is 94.4 Å². The predicted octanol–water partition coefficient (Wildman–Crippen LogP) is 3.90. The number of fused-ring (bicyclic) bond motifs is 1. The van der Waals surface area contributed by atoms with Crippen molar-refractivity contribution >= 4 is 16.8 Å². The lowest BCUT2D eigenvalue weighted by Crippen LogP contribution is -2.36. The van der Waals surface area contributed by atoms with E-state index in [1.54, 1.807) is 27.7 Å². The van der Waals surface area contributed by atoms with Crippen LogP contribution in [-0.4, -0.2) is 62.6 Å². The number of halogens is 1. The Labute approximate surface area is 206 Å². The van der Waals surface area contributed by atoms with Gasteiger partial charge in [0.05, 0.1) is 36.4 Å². The maximum atomic E-state index is 13.3. The van der Waals surface area contributed by atoms with Gasteiger partial charge in [0, 0.05) is 56.3 Å². The van der Waals surface area contributed by atoms with Gasteiger partial charge in [-0.1, -0.05) is 0 Å². The summed E-state index contributed by atoms with van der Waals surface area (Å²) in [5, 5.41) is 18.2. The number of benzene rings is 1. The van der Waals surface area contributed by atoms with E-state index >= 15 is 0 Å². The van der Waals surface area contributed by atoms with Crippen molar-refractivity contribution in [2.24, 2.45) is 0 Å². The first kappa shape index (κ1) is 22.4. The third-order valence-corrected chi connectivity index (χ3v) is 6.22. The minimum absolute atomic E-state index is 0.117. The van der Waals surface area contributed by atoms with E-state index in [-0.39, 0.29) is 12.4 Å². The van der Waals surface area contributed by atoms with Gasteiger partial charge in [0.1, 0.15) is 17.1 Å². The molecule has 6 rings (SSSR count). The molecule has 1 aliphatic rings. The number of rotatable bonds is 7. The second-order valence-corrected chi connectivity index (χ2v) is 8.65. The second kappa shape index (κ2) is 9.56. The molecule has 1 saturated heterocycles. The summed E-state index contributed by atoms with van der Waals surface area (Å²) in [5.74, 6) is 1.05. The molecule has 184 valence electrons. The Balaban J connectivity index is 1.41. The smallest absolute Gasteiger partial charge is 0.176 e. The number of pyridine rings is 1. The van der Waals surface area contributed by atoms with Crippen LogP contribution in [0.4, 0.5) is 10.1 Å². The minimum atomic E-state index is -0.282. The summed E-state index contributed by atoms with van der Waals surface area (Å²) in [4.78, 5) is 7.09. The van der Waals surface area contributed by atoms with E-state index in [2.05, 4.69) is 10.00 Å². The Morgan fingerprint density at radius 2 is 1.86 bits per heavy atom. The van der Waals surface area contributed by atoms with Crippen molar-refractivity contribution in [1.82, 2.24) is 24.5 Å². The Bertz CT molecular complexity index is 1480. The molecule has 1 aliphatic heterocycles. The molecule has 4 aromatic heterocycles. The van der Waals surface area contributed by atoms with Crippen molar-refractivity contribution in [3.63, 3.8) is 0 Å². The highest BCUT2D eigenvalue weighted by molar-refractivity contribution is 5.91. The summed E-state index contributed by atoms with van der Waals surface area (Å²) in [6.45, 7) is 3.52. The summed E-state index contributed by atoms with van der Waals surface area (Å²) < 4.78 is 28.7. The van der Waals surface area contributed by atoms with Crippen LogP contribution in [-0.2, 0) is 11.3 Å². The molecular formula is C26H25FN6O3. The average molecular weight is 489 g/mol. The molecule has 10 heteroatoms. The fraction of sp³-hybridized carbons (Fsp3) is 0.269. The van der Waals surface area contributed by atoms with Crippen molar-refractivity contribution in [1.29, 1.82) is 0 Å². The zero-order chi connectivity index (χ0) is 24.5. The van der Waals surface area contributed by atoms with E-state index in [0.29, 0.717) is 48.9 Å². The van der Waals surface area contributed by atoms with Crippen LogP contribution in [0.1, 0.15) is 6.42 Å². The number of aliphatic hydroxyl groups is 1. The van der Waals surface area contributed by atoms with Gasteiger partial charge >= 0.3 is 0 Å². The first-order valence-electron chi connectivity index (χ1n) is 11.9. The molecule has 0 unspecified atom stereocenters. The number of hydrogen-bond donors (Lipinski definition) is 1. The molecule has 5 heterocycles. The van der Waals surface area contributed by atoms with Crippen LogP contribution in [0.15, 0.2) is 65.5 Å². The van der Waals surface area contributed by atoms with Crippen molar-refractivity contribution in [2.45, 2.75) is 13.0 Å². The minimum Gasteiger partial charge on any atom is -0.452 e. The summed E-state index contributed by atoms with van der Waals surface area (Å²) in [6, 6.07) is 12.0. The van der Waals surface area contributed by atoms with Crippen molar-refractivity contribution < 1.29 is 18.7 Å². The van der Waals surface area contributed by atoms with Crippen LogP contribution in [0.3, 0.4) is 0 Å². The lowest BCUT2D eigenvalue weighted by Gasteiger charge is -2.28. The third kappa shape index (κ3) is 4.36. The highest BCUT2D eigenvalue weighted by Crippen LogP contribution is 2.35. The Hall–Kier alpha value is -4.02. The number of furan rings is 1. The fourth-order valence-corrected chi connectivity index (χ4v) is 4.36. The van der Waals surface area contributed by atoms with Crippen molar-refractivity contribution in [3.8, 4) is 28.4 Å². The van der Waals surface area contributed by atoms with Gasteiger partial charge in [-0.05, 0) is 36.8 Å². The fourth-order valence-electron chi connectivity index (χ4n) is 4.36. The van der Waals surface area contributed by atoms with E-state index in [4.69, 9.17) is 24.3 Å². The van der Waals surface area contributed by atoms with Crippen LogP contribution in [0.5, 0.6) is 0 Å². The molecule has 1 aromatic carbocycles. The molecule has 0 saturated carbocycles. The molecule has 0 bridgehead atoms. The summed E-state index contributed by atoms with van der Waals surface area (Å²) in [5.41, 5.74) is 4.74. The van der Waals surface area contributed by atoms with Gasteiger partial charge in [-0.2, -0.15) is 10.2 Å². The van der Waals surface area contributed by atoms with E-state index < -0.39 is 0 Å². The van der Waals surface area contributed by atoms with E-state index in [1.807, 2.05) is 30.6 Å². The molecular weight excluding hydrogens is 463 g/mol. The molecule has 0 aliphatic carbocycles. The van der Waals surface area contributed by atoms with Crippen molar-refractivity contribution in [2.75, 3.05) is 37.8 Å². The Morgan fingerprint density at radius 3 is 2.67 bits per heavy atom. The molecule has 0 spiro atoms. The number of anilines is 1. The van der Waals surface area contributed by atoms with Crippen LogP contribution < -0.4 is 4.90 Å². The molecule has 1 N–H and O–H groups in total. The molecule has 9 nitrogen and oxygen atoms in total. The van der Waals surface area contributed by atoms with Gasteiger partial charge in [-0.15, -0.1) is 0 Å².